The molecule has 32 heavy (non-hydrogen) atoms. The van der Waals surface area contributed by atoms with Gasteiger partial charge in [-0.05, 0) is 35.9 Å². The molecule has 0 spiro atoms. The van der Waals surface area contributed by atoms with Crippen molar-refractivity contribution in [2.45, 2.75) is 10.9 Å². The summed E-state index contributed by atoms with van der Waals surface area (Å²) in [7, 11) is 0. The minimum absolute atomic E-state index is 0.0876. The predicted octanol–water partition coefficient (Wildman–Crippen LogP) is 5.47. The second-order valence-electron chi connectivity index (χ2n) is 7.74. The monoisotopic (exact) mass is 462 g/mol. The van der Waals surface area contributed by atoms with Crippen LogP contribution in [0.5, 0.6) is 0 Å². The number of H-pyrrole nitrogens is 1. The summed E-state index contributed by atoms with van der Waals surface area (Å²) in [5, 5.41) is 1.61. The van der Waals surface area contributed by atoms with Crippen LogP contribution in [-0.2, 0) is 5.75 Å². The van der Waals surface area contributed by atoms with Gasteiger partial charge in [-0.25, -0.2) is 4.98 Å². The molecule has 1 aliphatic heterocycles. The molecule has 7 heteroatoms. The molecular weight excluding hydrogens is 440 g/mol. The number of carbonyl (C=O) groups is 1. The van der Waals surface area contributed by atoms with Crippen LogP contribution in [0.2, 0.25) is 5.02 Å². The fourth-order valence-electron chi connectivity index (χ4n) is 4.03. The summed E-state index contributed by atoms with van der Waals surface area (Å²) in [5.41, 5.74) is 4.80. The van der Waals surface area contributed by atoms with Gasteiger partial charge in [-0.2, -0.15) is 0 Å². The average molecular weight is 463 g/mol. The molecule has 3 aromatic carbocycles. The Balaban J connectivity index is 1.26. The van der Waals surface area contributed by atoms with Crippen LogP contribution in [0.25, 0.3) is 11.0 Å². The fourth-order valence-corrected chi connectivity index (χ4v) is 5.17. The zero-order chi connectivity index (χ0) is 21.9. The molecule has 1 fully saturated rings. The molecule has 0 radical (unpaired) electrons. The van der Waals surface area contributed by atoms with Crippen molar-refractivity contribution in [3.05, 3.63) is 88.9 Å². The molecule has 1 amide bonds. The first-order valence-corrected chi connectivity index (χ1v) is 12.0. The van der Waals surface area contributed by atoms with E-state index in [0.717, 1.165) is 51.1 Å². The maximum absolute atomic E-state index is 13.3. The number of hydrogen-bond donors (Lipinski definition) is 1. The summed E-state index contributed by atoms with van der Waals surface area (Å²) in [4.78, 5) is 25.5. The smallest absolute Gasteiger partial charge is 0.254 e. The first-order chi connectivity index (χ1) is 15.7. The molecule has 1 aliphatic rings. The number of thioether (sulfide) groups is 1. The van der Waals surface area contributed by atoms with Gasteiger partial charge in [-0.3, -0.25) is 4.79 Å². The Hall–Kier alpha value is -2.96. The number of aromatic amines is 1. The highest BCUT2D eigenvalue weighted by Crippen LogP contribution is 2.28. The van der Waals surface area contributed by atoms with Crippen molar-refractivity contribution >= 4 is 46.0 Å². The number of amides is 1. The van der Waals surface area contributed by atoms with E-state index in [-0.39, 0.29) is 5.91 Å². The Kier molecular flexibility index (Phi) is 6.06. The van der Waals surface area contributed by atoms with Gasteiger partial charge in [0.25, 0.3) is 5.91 Å². The quantitative estimate of drug-likeness (QED) is 0.399. The number of halogens is 1. The Morgan fingerprint density at radius 3 is 2.47 bits per heavy atom. The highest BCUT2D eigenvalue weighted by Gasteiger charge is 2.24. The zero-order valence-corrected chi connectivity index (χ0v) is 19.1. The zero-order valence-electron chi connectivity index (χ0n) is 17.5. The molecule has 0 bridgehead atoms. The number of rotatable bonds is 5. The lowest BCUT2D eigenvalue weighted by molar-refractivity contribution is 0.0746. The third-order valence-corrected chi connectivity index (χ3v) is 6.98. The van der Waals surface area contributed by atoms with Crippen molar-refractivity contribution in [2.24, 2.45) is 0 Å². The number of anilines is 1. The van der Waals surface area contributed by atoms with Gasteiger partial charge in [0.15, 0.2) is 5.16 Å². The van der Waals surface area contributed by atoms with Crippen LogP contribution in [0.1, 0.15) is 15.9 Å². The van der Waals surface area contributed by atoms with E-state index in [9.17, 15) is 4.79 Å². The van der Waals surface area contributed by atoms with Crippen LogP contribution < -0.4 is 4.90 Å². The van der Waals surface area contributed by atoms with E-state index in [1.165, 1.54) is 0 Å². The SMILES string of the molecule is O=C(c1ccccc1CSc1nc2ccccc2[nH]1)N1CCN(c2ccccc2Cl)CC1. The number of fused-ring (bicyclic) bond motifs is 1. The van der Waals surface area contributed by atoms with Gasteiger partial charge in [0.1, 0.15) is 0 Å². The third-order valence-electron chi connectivity index (χ3n) is 5.74. The second-order valence-corrected chi connectivity index (χ2v) is 9.11. The number of para-hydroxylation sites is 3. The molecule has 1 aromatic heterocycles. The van der Waals surface area contributed by atoms with E-state index in [0.29, 0.717) is 18.8 Å². The van der Waals surface area contributed by atoms with Gasteiger partial charge in [-0.1, -0.05) is 65.8 Å². The van der Waals surface area contributed by atoms with Crippen LogP contribution in [0.3, 0.4) is 0 Å². The molecule has 0 unspecified atom stereocenters. The third kappa shape index (κ3) is 4.33. The summed E-state index contributed by atoms with van der Waals surface area (Å²) in [6.45, 7) is 2.89. The maximum atomic E-state index is 13.3. The van der Waals surface area contributed by atoms with Gasteiger partial charge < -0.3 is 14.8 Å². The van der Waals surface area contributed by atoms with Gasteiger partial charge in [0.05, 0.1) is 21.7 Å². The van der Waals surface area contributed by atoms with Gasteiger partial charge in [-0.15, -0.1) is 0 Å². The van der Waals surface area contributed by atoms with Gasteiger partial charge >= 0.3 is 0 Å². The first kappa shape index (κ1) is 20.9. The molecule has 0 atom stereocenters. The van der Waals surface area contributed by atoms with Crippen molar-refractivity contribution in [2.75, 3.05) is 31.1 Å². The lowest BCUT2D eigenvalue weighted by Crippen LogP contribution is -2.49. The molecular formula is C25H23ClN4OS. The van der Waals surface area contributed by atoms with E-state index in [1.54, 1.807) is 11.8 Å². The van der Waals surface area contributed by atoms with Crippen molar-refractivity contribution in [1.29, 1.82) is 0 Å². The summed E-state index contributed by atoms with van der Waals surface area (Å²) < 4.78 is 0. The lowest BCUT2D eigenvalue weighted by atomic mass is 10.1. The average Bonchev–Trinajstić information content (AvgIpc) is 3.26. The van der Waals surface area contributed by atoms with Crippen molar-refractivity contribution in [3.8, 4) is 0 Å². The number of imidazole rings is 1. The lowest BCUT2D eigenvalue weighted by Gasteiger charge is -2.36. The number of aromatic nitrogens is 2. The summed E-state index contributed by atoms with van der Waals surface area (Å²) in [6.07, 6.45) is 0. The van der Waals surface area contributed by atoms with Crippen LogP contribution in [-0.4, -0.2) is 47.0 Å². The molecule has 0 saturated carbocycles. The van der Waals surface area contributed by atoms with E-state index in [2.05, 4.69) is 14.9 Å². The number of benzene rings is 3. The predicted molar refractivity (Wildman–Crippen MR) is 132 cm³/mol. The number of carbonyl (C=O) groups excluding carboxylic acids is 1. The van der Waals surface area contributed by atoms with Crippen LogP contribution in [0.4, 0.5) is 5.69 Å². The Bertz CT molecular complexity index is 1220. The molecule has 162 valence electrons. The first-order valence-electron chi connectivity index (χ1n) is 10.6. The Morgan fingerprint density at radius 2 is 1.66 bits per heavy atom. The maximum Gasteiger partial charge on any atom is 0.254 e. The standard InChI is InChI=1S/C25H23ClN4OS/c26-20-9-3-6-12-23(20)29-13-15-30(16-14-29)24(31)19-8-2-1-7-18(19)17-32-25-27-21-10-4-5-11-22(21)28-25/h1-12H,13-17H2,(H,27,28). The minimum atomic E-state index is 0.0876. The number of nitrogens with zero attached hydrogens (tertiary/aromatic N) is 3. The van der Waals surface area contributed by atoms with Gasteiger partial charge in [0, 0.05) is 37.5 Å². The fraction of sp³-hybridized carbons (Fsp3) is 0.200. The van der Waals surface area contributed by atoms with Crippen molar-refractivity contribution < 1.29 is 4.79 Å². The summed E-state index contributed by atoms with van der Waals surface area (Å²) in [5.74, 6) is 0.769. The van der Waals surface area contributed by atoms with E-state index < -0.39 is 0 Å². The summed E-state index contributed by atoms with van der Waals surface area (Å²) in [6, 6.07) is 23.7. The highest BCUT2D eigenvalue weighted by atomic mass is 35.5. The largest absolute Gasteiger partial charge is 0.367 e. The normalized spacial score (nSPS) is 14.2. The minimum Gasteiger partial charge on any atom is -0.367 e. The van der Waals surface area contributed by atoms with Crippen molar-refractivity contribution in [3.63, 3.8) is 0 Å². The molecule has 1 N–H and O–H groups in total. The van der Waals surface area contributed by atoms with Gasteiger partial charge in [0.2, 0.25) is 0 Å². The molecule has 5 rings (SSSR count). The van der Waals surface area contributed by atoms with Crippen molar-refractivity contribution in [1.82, 2.24) is 14.9 Å². The molecule has 1 saturated heterocycles. The Morgan fingerprint density at radius 1 is 0.938 bits per heavy atom. The molecule has 4 aromatic rings. The van der Waals surface area contributed by atoms with Crippen LogP contribution >= 0.6 is 23.4 Å². The van der Waals surface area contributed by atoms with E-state index in [1.807, 2.05) is 77.7 Å². The van der Waals surface area contributed by atoms with Crippen LogP contribution in [0, 0.1) is 0 Å². The van der Waals surface area contributed by atoms with E-state index in [4.69, 9.17) is 11.6 Å². The molecule has 2 heterocycles. The summed E-state index contributed by atoms with van der Waals surface area (Å²) >= 11 is 7.97. The second kappa shape index (κ2) is 9.27. The molecule has 5 nitrogen and oxygen atoms in total. The van der Waals surface area contributed by atoms with E-state index >= 15 is 0 Å². The topological polar surface area (TPSA) is 52.2 Å². The number of nitrogens with one attached hydrogen (secondary N) is 1. The van der Waals surface area contributed by atoms with Crippen LogP contribution in [0.15, 0.2) is 78.0 Å². The highest BCUT2D eigenvalue weighted by molar-refractivity contribution is 7.98. The Labute approximate surface area is 196 Å². The molecule has 0 aliphatic carbocycles. The number of hydrogen-bond acceptors (Lipinski definition) is 4. The number of piperazine rings is 1.